The van der Waals surface area contributed by atoms with Crippen LogP contribution in [-0.4, -0.2) is 22.6 Å². The van der Waals surface area contributed by atoms with Crippen molar-refractivity contribution in [2.24, 2.45) is 0 Å². The van der Waals surface area contributed by atoms with Crippen LogP contribution in [0.3, 0.4) is 0 Å². The minimum atomic E-state index is -0.115. The first-order chi connectivity index (χ1) is 15.0. The number of aryl methyl sites for hydroxylation is 2. The summed E-state index contributed by atoms with van der Waals surface area (Å²) < 4.78 is 13.2. The van der Waals surface area contributed by atoms with E-state index in [9.17, 15) is 4.79 Å². The van der Waals surface area contributed by atoms with Gasteiger partial charge in [0.25, 0.3) is 0 Å². The smallest absolute Gasteiger partial charge is 0.244 e. The Hall–Kier alpha value is -3.80. The molecule has 0 atom stereocenters. The SMILES string of the molecule is COc1ccccc1OCc1nc2ccccc2n1CC(=O)Nc1cc(C)ccc1C. The Morgan fingerprint density at radius 2 is 1.74 bits per heavy atom. The molecule has 1 amide bonds. The first kappa shape index (κ1) is 20.5. The summed E-state index contributed by atoms with van der Waals surface area (Å²) in [5.74, 6) is 1.83. The van der Waals surface area contributed by atoms with Crippen molar-refractivity contribution in [3.63, 3.8) is 0 Å². The summed E-state index contributed by atoms with van der Waals surface area (Å²) in [5.41, 5.74) is 4.65. The summed E-state index contributed by atoms with van der Waals surface area (Å²) in [6.07, 6.45) is 0. The Kier molecular flexibility index (Phi) is 5.89. The van der Waals surface area contributed by atoms with Gasteiger partial charge in [-0.1, -0.05) is 36.4 Å². The van der Waals surface area contributed by atoms with Gasteiger partial charge in [0.05, 0.1) is 18.1 Å². The van der Waals surface area contributed by atoms with Crippen LogP contribution in [0.4, 0.5) is 5.69 Å². The van der Waals surface area contributed by atoms with Gasteiger partial charge in [0.2, 0.25) is 5.91 Å². The summed E-state index contributed by atoms with van der Waals surface area (Å²) in [7, 11) is 1.61. The van der Waals surface area contributed by atoms with Gasteiger partial charge in [0.15, 0.2) is 11.5 Å². The van der Waals surface area contributed by atoms with E-state index in [1.54, 1.807) is 7.11 Å². The number of methoxy groups -OCH3 is 1. The molecule has 6 heteroatoms. The number of ether oxygens (including phenoxy) is 2. The predicted molar refractivity (Wildman–Crippen MR) is 122 cm³/mol. The van der Waals surface area contributed by atoms with Gasteiger partial charge >= 0.3 is 0 Å². The van der Waals surface area contributed by atoms with Gasteiger partial charge in [0, 0.05) is 5.69 Å². The summed E-state index contributed by atoms with van der Waals surface area (Å²) in [5, 5.41) is 3.02. The number of anilines is 1. The fourth-order valence-electron chi connectivity index (χ4n) is 3.50. The molecule has 1 aromatic heterocycles. The highest BCUT2D eigenvalue weighted by atomic mass is 16.5. The summed E-state index contributed by atoms with van der Waals surface area (Å²) in [6, 6.07) is 21.2. The third-order valence-corrected chi connectivity index (χ3v) is 5.13. The number of para-hydroxylation sites is 4. The zero-order chi connectivity index (χ0) is 21.8. The molecule has 6 nitrogen and oxygen atoms in total. The molecule has 0 bridgehead atoms. The third kappa shape index (κ3) is 4.53. The van der Waals surface area contributed by atoms with Crippen LogP contribution in [0, 0.1) is 13.8 Å². The highest BCUT2D eigenvalue weighted by Crippen LogP contribution is 2.27. The van der Waals surface area contributed by atoms with Crippen molar-refractivity contribution < 1.29 is 14.3 Å². The van der Waals surface area contributed by atoms with Crippen molar-refractivity contribution in [3.05, 3.63) is 83.7 Å². The Balaban J connectivity index is 1.59. The number of rotatable bonds is 7. The fourth-order valence-corrected chi connectivity index (χ4v) is 3.50. The fraction of sp³-hybridized carbons (Fsp3) is 0.200. The lowest BCUT2D eigenvalue weighted by Crippen LogP contribution is -2.21. The zero-order valence-electron chi connectivity index (χ0n) is 17.9. The van der Waals surface area contributed by atoms with Gasteiger partial charge in [-0.2, -0.15) is 0 Å². The standard InChI is InChI=1S/C25H25N3O3/c1-17-12-13-18(2)20(14-17)27-25(29)15-28-21-9-5-4-8-19(21)26-24(28)16-31-23-11-7-6-10-22(23)30-3/h4-14H,15-16H2,1-3H3,(H,27,29). The molecule has 0 radical (unpaired) electrons. The van der Waals surface area contributed by atoms with E-state index in [-0.39, 0.29) is 19.1 Å². The monoisotopic (exact) mass is 415 g/mol. The molecule has 0 aliphatic heterocycles. The van der Waals surface area contributed by atoms with Crippen molar-refractivity contribution in [1.82, 2.24) is 9.55 Å². The molecule has 0 aliphatic carbocycles. The van der Waals surface area contributed by atoms with E-state index in [0.29, 0.717) is 17.3 Å². The quantitative estimate of drug-likeness (QED) is 0.467. The van der Waals surface area contributed by atoms with E-state index in [2.05, 4.69) is 5.32 Å². The molecule has 0 fully saturated rings. The number of imidazole rings is 1. The van der Waals surface area contributed by atoms with Crippen LogP contribution in [0.25, 0.3) is 11.0 Å². The maximum absolute atomic E-state index is 12.9. The lowest BCUT2D eigenvalue weighted by molar-refractivity contribution is -0.116. The average molecular weight is 415 g/mol. The molecular weight excluding hydrogens is 390 g/mol. The molecule has 158 valence electrons. The number of fused-ring (bicyclic) bond motifs is 1. The number of amides is 1. The molecule has 1 heterocycles. The molecular formula is C25H25N3O3. The van der Waals surface area contributed by atoms with Gasteiger partial charge in [-0.25, -0.2) is 4.98 Å². The van der Waals surface area contributed by atoms with E-state index < -0.39 is 0 Å². The van der Waals surface area contributed by atoms with Crippen molar-refractivity contribution in [1.29, 1.82) is 0 Å². The highest BCUT2D eigenvalue weighted by molar-refractivity contribution is 5.92. The van der Waals surface area contributed by atoms with E-state index in [0.717, 1.165) is 27.8 Å². The topological polar surface area (TPSA) is 65.4 Å². The molecule has 4 aromatic rings. The number of hydrogen-bond donors (Lipinski definition) is 1. The number of benzene rings is 3. The Morgan fingerprint density at radius 1 is 1.00 bits per heavy atom. The number of nitrogens with one attached hydrogen (secondary N) is 1. The zero-order valence-corrected chi connectivity index (χ0v) is 17.9. The van der Waals surface area contributed by atoms with Crippen molar-refractivity contribution in [2.45, 2.75) is 27.0 Å². The second-order valence-corrected chi connectivity index (χ2v) is 7.41. The number of hydrogen-bond acceptors (Lipinski definition) is 4. The van der Waals surface area contributed by atoms with Crippen LogP contribution in [0.1, 0.15) is 17.0 Å². The third-order valence-electron chi connectivity index (χ3n) is 5.13. The number of aromatic nitrogens is 2. The van der Waals surface area contributed by atoms with Crippen molar-refractivity contribution in [2.75, 3.05) is 12.4 Å². The largest absolute Gasteiger partial charge is 0.493 e. The summed E-state index contributed by atoms with van der Waals surface area (Å²) in [4.78, 5) is 17.6. The van der Waals surface area contributed by atoms with Crippen LogP contribution in [0.15, 0.2) is 66.7 Å². The van der Waals surface area contributed by atoms with Gasteiger partial charge in [0.1, 0.15) is 19.0 Å². The minimum Gasteiger partial charge on any atom is -0.493 e. The molecule has 4 rings (SSSR count). The van der Waals surface area contributed by atoms with Gasteiger partial charge in [-0.15, -0.1) is 0 Å². The van der Waals surface area contributed by atoms with Gasteiger partial charge in [-0.05, 0) is 55.3 Å². The first-order valence-electron chi connectivity index (χ1n) is 10.1. The Labute approximate surface area is 181 Å². The van der Waals surface area contributed by atoms with Crippen LogP contribution in [-0.2, 0) is 17.9 Å². The minimum absolute atomic E-state index is 0.115. The van der Waals surface area contributed by atoms with Crippen molar-refractivity contribution >= 4 is 22.6 Å². The molecule has 3 aromatic carbocycles. The molecule has 0 saturated heterocycles. The highest BCUT2D eigenvalue weighted by Gasteiger charge is 2.15. The molecule has 1 N–H and O–H groups in total. The Bertz CT molecular complexity index is 1230. The Morgan fingerprint density at radius 3 is 2.55 bits per heavy atom. The van der Waals surface area contributed by atoms with E-state index in [4.69, 9.17) is 14.5 Å². The van der Waals surface area contributed by atoms with E-state index in [1.165, 1.54) is 0 Å². The van der Waals surface area contributed by atoms with Crippen LogP contribution in [0.5, 0.6) is 11.5 Å². The van der Waals surface area contributed by atoms with Crippen LogP contribution < -0.4 is 14.8 Å². The second-order valence-electron chi connectivity index (χ2n) is 7.41. The molecule has 0 saturated carbocycles. The predicted octanol–water partition coefficient (Wildman–Crippen LogP) is 4.88. The van der Waals surface area contributed by atoms with Crippen LogP contribution in [0.2, 0.25) is 0 Å². The van der Waals surface area contributed by atoms with Crippen molar-refractivity contribution in [3.8, 4) is 11.5 Å². The molecule has 0 spiro atoms. The van der Waals surface area contributed by atoms with E-state index >= 15 is 0 Å². The van der Waals surface area contributed by atoms with Gasteiger partial charge in [-0.3, -0.25) is 4.79 Å². The number of carbonyl (C=O) groups excluding carboxylic acids is 1. The lowest BCUT2D eigenvalue weighted by atomic mass is 10.1. The molecule has 0 unspecified atom stereocenters. The summed E-state index contributed by atoms with van der Waals surface area (Å²) in [6.45, 7) is 4.34. The summed E-state index contributed by atoms with van der Waals surface area (Å²) >= 11 is 0. The van der Waals surface area contributed by atoms with Gasteiger partial charge < -0.3 is 19.4 Å². The second kappa shape index (κ2) is 8.92. The maximum atomic E-state index is 12.9. The maximum Gasteiger partial charge on any atom is 0.244 e. The van der Waals surface area contributed by atoms with E-state index in [1.807, 2.05) is 85.1 Å². The lowest BCUT2D eigenvalue weighted by Gasteiger charge is -2.13. The number of carbonyl (C=O) groups is 1. The normalized spacial score (nSPS) is 10.8. The molecule has 0 aliphatic rings. The molecule has 31 heavy (non-hydrogen) atoms. The first-order valence-corrected chi connectivity index (χ1v) is 10.1. The number of nitrogens with zero attached hydrogens (tertiary/aromatic N) is 2. The average Bonchev–Trinajstić information content (AvgIpc) is 3.12. The van der Waals surface area contributed by atoms with Crippen LogP contribution >= 0.6 is 0 Å².